The van der Waals surface area contributed by atoms with Crippen molar-refractivity contribution in [2.45, 2.75) is 25.0 Å². The molecule has 2 unspecified atom stereocenters. The van der Waals surface area contributed by atoms with Gasteiger partial charge in [-0.3, -0.25) is 9.59 Å². The molecule has 6 heteroatoms. The van der Waals surface area contributed by atoms with Gasteiger partial charge in [0.25, 0.3) is 0 Å². The number of hydrogen-bond donors (Lipinski definition) is 2. The lowest BCUT2D eigenvalue weighted by molar-refractivity contribution is -0.131. The van der Waals surface area contributed by atoms with Crippen LogP contribution in [0.15, 0.2) is 48.5 Å². The third-order valence-corrected chi connectivity index (χ3v) is 4.46. The number of carbonyl (C=O) groups excluding carboxylic acids is 2. The molecule has 3 rings (SSSR count). The number of aliphatic hydroxyl groups is 1. The highest BCUT2D eigenvalue weighted by atomic mass is 19.1. The molecule has 0 radical (unpaired) electrons. The number of aliphatic hydroxyl groups excluding tert-OH is 1. The molecule has 2 atom stereocenters. The van der Waals surface area contributed by atoms with E-state index in [1.165, 1.54) is 17.0 Å². The minimum atomic E-state index is -0.663. The van der Waals surface area contributed by atoms with Crippen molar-refractivity contribution in [2.75, 3.05) is 6.54 Å². The maximum Gasteiger partial charge on any atom is 0.248 e. The number of carbonyl (C=O) groups is 2. The summed E-state index contributed by atoms with van der Waals surface area (Å²) in [6.07, 6.45) is -0.312. The molecule has 130 valence electrons. The molecule has 2 amide bonds. The number of nitrogens with zero attached hydrogens (tertiary/aromatic N) is 1. The normalized spacial score (nSPS) is 19.8. The van der Waals surface area contributed by atoms with Crippen LogP contribution in [0, 0.1) is 5.82 Å². The van der Waals surface area contributed by atoms with Gasteiger partial charge in [-0.1, -0.05) is 30.3 Å². The molecule has 2 aromatic carbocycles. The highest BCUT2D eigenvalue weighted by Gasteiger charge is 2.35. The van der Waals surface area contributed by atoms with Crippen LogP contribution in [-0.2, 0) is 11.2 Å². The molecule has 0 aliphatic carbocycles. The molecule has 0 aromatic heterocycles. The first-order valence-corrected chi connectivity index (χ1v) is 8.06. The highest BCUT2D eigenvalue weighted by Crippen LogP contribution is 2.33. The van der Waals surface area contributed by atoms with E-state index in [9.17, 15) is 19.1 Å². The first-order chi connectivity index (χ1) is 12.0. The Morgan fingerprint density at radius 1 is 1.20 bits per heavy atom. The SMILES string of the molecule is NC(=O)c1ccccc1CC(=O)N1CC(O)CC1c1cccc(F)c1. The summed E-state index contributed by atoms with van der Waals surface area (Å²) in [6.45, 7) is 0.179. The summed E-state index contributed by atoms with van der Waals surface area (Å²) in [6, 6.07) is 12.3. The number of primary amides is 1. The van der Waals surface area contributed by atoms with E-state index in [2.05, 4.69) is 0 Å². The minimum absolute atomic E-state index is 0.00233. The average Bonchev–Trinajstić information content (AvgIpc) is 2.97. The highest BCUT2D eigenvalue weighted by molar-refractivity contribution is 5.95. The molecule has 1 aliphatic heterocycles. The Balaban J connectivity index is 1.84. The second kappa shape index (κ2) is 7.03. The van der Waals surface area contributed by atoms with Crippen molar-refractivity contribution in [3.63, 3.8) is 0 Å². The number of likely N-dealkylation sites (tertiary alicyclic amines) is 1. The van der Waals surface area contributed by atoms with E-state index in [0.29, 0.717) is 23.1 Å². The van der Waals surface area contributed by atoms with E-state index in [-0.39, 0.29) is 30.7 Å². The summed E-state index contributed by atoms with van der Waals surface area (Å²) in [5.74, 6) is -1.21. The lowest BCUT2D eigenvalue weighted by Gasteiger charge is -2.25. The van der Waals surface area contributed by atoms with E-state index < -0.39 is 12.0 Å². The zero-order valence-corrected chi connectivity index (χ0v) is 13.6. The van der Waals surface area contributed by atoms with Crippen LogP contribution >= 0.6 is 0 Å². The van der Waals surface area contributed by atoms with Crippen LogP contribution in [-0.4, -0.2) is 34.5 Å². The number of hydrogen-bond acceptors (Lipinski definition) is 3. The molecule has 5 nitrogen and oxygen atoms in total. The Labute approximate surface area is 144 Å². The van der Waals surface area contributed by atoms with Crippen LogP contribution in [0.1, 0.15) is 33.9 Å². The molecular formula is C19H19FN2O3. The van der Waals surface area contributed by atoms with Gasteiger partial charge in [-0.15, -0.1) is 0 Å². The Morgan fingerprint density at radius 3 is 2.68 bits per heavy atom. The number of nitrogens with two attached hydrogens (primary N) is 1. The quantitative estimate of drug-likeness (QED) is 0.889. The first-order valence-electron chi connectivity index (χ1n) is 8.06. The summed E-state index contributed by atoms with van der Waals surface area (Å²) in [5, 5.41) is 10.00. The van der Waals surface area contributed by atoms with Crippen LogP contribution in [0.3, 0.4) is 0 Å². The predicted molar refractivity (Wildman–Crippen MR) is 90.1 cm³/mol. The maximum atomic E-state index is 13.5. The fourth-order valence-corrected chi connectivity index (χ4v) is 3.30. The van der Waals surface area contributed by atoms with Gasteiger partial charge in [0.1, 0.15) is 5.82 Å². The molecule has 1 aliphatic rings. The number of halogens is 1. The Kier molecular flexibility index (Phi) is 4.81. The Morgan fingerprint density at radius 2 is 1.96 bits per heavy atom. The zero-order chi connectivity index (χ0) is 18.0. The predicted octanol–water partition coefficient (Wildman–Crippen LogP) is 1.80. The number of amides is 2. The molecule has 25 heavy (non-hydrogen) atoms. The number of rotatable bonds is 4. The van der Waals surface area contributed by atoms with E-state index in [0.717, 1.165) is 0 Å². The maximum absolute atomic E-state index is 13.5. The van der Waals surface area contributed by atoms with Gasteiger partial charge in [-0.05, 0) is 35.7 Å². The van der Waals surface area contributed by atoms with Crippen molar-refractivity contribution in [3.05, 3.63) is 71.0 Å². The standard InChI is InChI=1S/C19H19FN2O3/c20-14-6-3-5-13(8-14)17-10-15(23)11-22(17)18(24)9-12-4-1-2-7-16(12)19(21)25/h1-8,15,17,23H,9-11H2,(H2,21,25). The van der Waals surface area contributed by atoms with Gasteiger partial charge in [0, 0.05) is 12.1 Å². The van der Waals surface area contributed by atoms with Gasteiger partial charge in [0.05, 0.1) is 18.6 Å². The number of benzene rings is 2. The first kappa shape index (κ1) is 17.1. The van der Waals surface area contributed by atoms with Crippen LogP contribution in [0.5, 0.6) is 0 Å². The number of β-amino-alcohol motifs (C(OH)–C–C–N with tert-alkyl or cyclic N) is 1. The lowest BCUT2D eigenvalue weighted by atomic mass is 10.0. The fraction of sp³-hybridized carbons (Fsp3) is 0.263. The Bertz CT molecular complexity index is 809. The second-order valence-electron chi connectivity index (χ2n) is 6.20. The third-order valence-electron chi connectivity index (χ3n) is 4.46. The molecule has 1 fully saturated rings. The third kappa shape index (κ3) is 3.69. The molecule has 0 saturated carbocycles. The van der Waals surface area contributed by atoms with Crippen molar-refractivity contribution < 1.29 is 19.1 Å². The van der Waals surface area contributed by atoms with Crippen molar-refractivity contribution >= 4 is 11.8 Å². The van der Waals surface area contributed by atoms with Gasteiger partial charge >= 0.3 is 0 Å². The van der Waals surface area contributed by atoms with Crippen LogP contribution < -0.4 is 5.73 Å². The average molecular weight is 342 g/mol. The molecule has 0 spiro atoms. The van der Waals surface area contributed by atoms with Gasteiger partial charge < -0.3 is 15.7 Å². The van der Waals surface area contributed by atoms with Gasteiger partial charge in [0.2, 0.25) is 11.8 Å². The molecular weight excluding hydrogens is 323 g/mol. The molecule has 3 N–H and O–H groups in total. The second-order valence-corrected chi connectivity index (χ2v) is 6.20. The fourth-order valence-electron chi connectivity index (χ4n) is 3.30. The van der Waals surface area contributed by atoms with E-state index >= 15 is 0 Å². The van der Waals surface area contributed by atoms with Gasteiger partial charge in [-0.25, -0.2) is 4.39 Å². The monoisotopic (exact) mass is 342 g/mol. The van der Waals surface area contributed by atoms with Crippen molar-refractivity contribution in [3.8, 4) is 0 Å². The molecule has 1 saturated heterocycles. The van der Waals surface area contributed by atoms with Crippen LogP contribution in [0.25, 0.3) is 0 Å². The zero-order valence-electron chi connectivity index (χ0n) is 13.6. The van der Waals surface area contributed by atoms with E-state index in [4.69, 9.17) is 5.73 Å². The topological polar surface area (TPSA) is 83.6 Å². The lowest BCUT2D eigenvalue weighted by Crippen LogP contribution is -2.33. The summed E-state index contributed by atoms with van der Waals surface area (Å²) in [4.78, 5) is 25.8. The smallest absolute Gasteiger partial charge is 0.248 e. The molecule has 0 bridgehead atoms. The van der Waals surface area contributed by atoms with E-state index in [1.807, 2.05) is 0 Å². The minimum Gasteiger partial charge on any atom is -0.391 e. The van der Waals surface area contributed by atoms with Gasteiger partial charge in [-0.2, -0.15) is 0 Å². The molecule has 1 heterocycles. The Hall–Kier alpha value is -2.73. The van der Waals surface area contributed by atoms with Crippen molar-refractivity contribution in [1.29, 1.82) is 0 Å². The van der Waals surface area contributed by atoms with Crippen molar-refractivity contribution in [2.24, 2.45) is 5.73 Å². The van der Waals surface area contributed by atoms with E-state index in [1.54, 1.807) is 36.4 Å². The summed E-state index contributed by atoms with van der Waals surface area (Å²) >= 11 is 0. The van der Waals surface area contributed by atoms with Crippen molar-refractivity contribution in [1.82, 2.24) is 4.90 Å². The van der Waals surface area contributed by atoms with Gasteiger partial charge in [0.15, 0.2) is 0 Å². The summed E-state index contributed by atoms with van der Waals surface area (Å²) < 4.78 is 13.5. The van der Waals surface area contributed by atoms with Crippen LogP contribution in [0.2, 0.25) is 0 Å². The molecule has 2 aromatic rings. The van der Waals surface area contributed by atoms with Crippen LogP contribution in [0.4, 0.5) is 4.39 Å². The summed E-state index contributed by atoms with van der Waals surface area (Å²) in [7, 11) is 0. The summed E-state index contributed by atoms with van der Waals surface area (Å²) in [5.41, 5.74) is 6.85. The largest absolute Gasteiger partial charge is 0.391 e.